The molecule has 0 unspecified atom stereocenters. The predicted molar refractivity (Wildman–Crippen MR) is 100 cm³/mol. The molecule has 0 radical (unpaired) electrons. The van der Waals surface area contributed by atoms with Crippen molar-refractivity contribution in [2.75, 3.05) is 13.2 Å². The van der Waals surface area contributed by atoms with Crippen LogP contribution in [0.2, 0.25) is 0 Å². The van der Waals surface area contributed by atoms with Crippen molar-refractivity contribution in [1.82, 2.24) is 5.32 Å². The van der Waals surface area contributed by atoms with E-state index in [0.717, 1.165) is 22.4 Å². The molecule has 0 saturated heterocycles. The maximum absolute atomic E-state index is 12.1. The molecular formula is C21H27NO3. The quantitative estimate of drug-likeness (QED) is 0.778. The number of amides is 1. The summed E-state index contributed by atoms with van der Waals surface area (Å²) in [5, 5.41) is 2.84. The maximum atomic E-state index is 12.1. The Kier molecular flexibility index (Phi) is 6.45. The van der Waals surface area contributed by atoms with Crippen molar-refractivity contribution in [2.45, 2.75) is 40.7 Å². The number of hydrogen-bond donors (Lipinski definition) is 1. The van der Waals surface area contributed by atoms with E-state index in [1.165, 1.54) is 5.56 Å². The summed E-state index contributed by atoms with van der Waals surface area (Å²) >= 11 is 0. The topological polar surface area (TPSA) is 47.6 Å². The number of carbonyl (C=O) groups excluding carboxylic acids is 1. The van der Waals surface area contributed by atoms with E-state index < -0.39 is 6.10 Å². The lowest BCUT2D eigenvalue weighted by molar-refractivity contribution is -0.127. The molecule has 1 N–H and O–H groups in total. The average Bonchev–Trinajstić information content (AvgIpc) is 2.57. The summed E-state index contributed by atoms with van der Waals surface area (Å²) in [4.78, 5) is 12.1. The Morgan fingerprint density at radius 3 is 2.44 bits per heavy atom. The normalized spacial score (nSPS) is 11.7. The average molecular weight is 341 g/mol. The number of ether oxygens (including phenoxy) is 2. The van der Waals surface area contributed by atoms with E-state index >= 15 is 0 Å². The zero-order valence-corrected chi connectivity index (χ0v) is 15.7. The lowest BCUT2D eigenvalue weighted by atomic mass is 10.1. The van der Waals surface area contributed by atoms with Gasteiger partial charge >= 0.3 is 0 Å². The molecule has 0 aliphatic rings. The Labute approximate surface area is 150 Å². The van der Waals surface area contributed by atoms with Crippen molar-refractivity contribution in [2.24, 2.45) is 0 Å². The molecule has 0 heterocycles. The van der Waals surface area contributed by atoms with E-state index in [1.54, 1.807) is 6.92 Å². The summed E-state index contributed by atoms with van der Waals surface area (Å²) in [6.07, 6.45) is -0.553. The summed E-state index contributed by atoms with van der Waals surface area (Å²) in [7, 11) is 0. The third kappa shape index (κ3) is 5.52. The molecule has 0 spiro atoms. The van der Waals surface area contributed by atoms with Gasteiger partial charge in [0.25, 0.3) is 5.91 Å². The van der Waals surface area contributed by atoms with Gasteiger partial charge in [0.1, 0.15) is 18.1 Å². The number of rotatable bonds is 7. The highest BCUT2D eigenvalue weighted by atomic mass is 16.5. The van der Waals surface area contributed by atoms with Crippen LogP contribution in [0.25, 0.3) is 0 Å². The summed E-state index contributed by atoms with van der Waals surface area (Å²) in [5.74, 6) is 1.41. The number of hydrogen-bond acceptors (Lipinski definition) is 3. The van der Waals surface area contributed by atoms with E-state index in [9.17, 15) is 4.79 Å². The van der Waals surface area contributed by atoms with E-state index in [4.69, 9.17) is 9.47 Å². The van der Waals surface area contributed by atoms with Crippen LogP contribution in [0, 0.1) is 27.7 Å². The van der Waals surface area contributed by atoms with Gasteiger partial charge in [0.05, 0.1) is 6.54 Å². The van der Waals surface area contributed by atoms with E-state index in [-0.39, 0.29) is 5.91 Å². The number of carbonyl (C=O) groups is 1. The van der Waals surface area contributed by atoms with Crippen LogP contribution in [0.3, 0.4) is 0 Å². The van der Waals surface area contributed by atoms with Crippen LogP contribution >= 0.6 is 0 Å². The minimum atomic E-state index is -0.553. The highest BCUT2D eigenvalue weighted by Gasteiger charge is 2.14. The zero-order valence-electron chi connectivity index (χ0n) is 15.7. The Hall–Kier alpha value is -2.49. The monoisotopic (exact) mass is 341 g/mol. The van der Waals surface area contributed by atoms with Gasteiger partial charge in [-0.1, -0.05) is 18.2 Å². The van der Waals surface area contributed by atoms with Gasteiger partial charge in [-0.25, -0.2) is 0 Å². The number of nitrogens with one attached hydrogen (secondary N) is 1. The summed E-state index contributed by atoms with van der Waals surface area (Å²) in [6, 6.07) is 11.9. The number of aryl methyl sites for hydroxylation is 4. The molecule has 134 valence electrons. The molecule has 2 rings (SSSR count). The summed E-state index contributed by atoms with van der Waals surface area (Å²) in [5.41, 5.74) is 4.59. The van der Waals surface area contributed by atoms with Crippen LogP contribution < -0.4 is 14.8 Å². The lowest BCUT2D eigenvalue weighted by Crippen LogP contribution is -2.38. The van der Waals surface area contributed by atoms with Crippen molar-refractivity contribution in [1.29, 1.82) is 0 Å². The highest BCUT2D eigenvalue weighted by Crippen LogP contribution is 2.19. The standard InChI is InChI=1S/C21H27NO3/c1-14-6-7-16(3)20(12-14)24-11-10-22-21(23)18(5)25-19-9-8-15(2)17(4)13-19/h6-9,12-13,18H,10-11H2,1-5H3,(H,22,23)/t18-/m1/s1. The van der Waals surface area contributed by atoms with Gasteiger partial charge in [-0.2, -0.15) is 0 Å². The second-order valence-corrected chi connectivity index (χ2v) is 6.41. The van der Waals surface area contributed by atoms with E-state index in [1.807, 2.05) is 58.0 Å². The summed E-state index contributed by atoms with van der Waals surface area (Å²) < 4.78 is 11.4. The van der Waals surface area contributed by atoms with Crippen LogP contribution in [0.4, 0.5) is 0 Å². The molecule has 4 heteroatoms. The first-order chi connectivity index (χ1) is 11.9. The van der Waals surface area contributed by atoms with Gasteiger partial charge in [0, 0.05) is 0 Å². The summed E-state index contributed by atoms with van der Waals surface area (Å²) in [6.45, 7) is 10.7. The zero-order chi connectivity index (χ0) is 18.4. The van der Waals surface area contributed by atoms with Crippen LogP contribution in [-0.2, 0) is 4.79 Å². The van der Waals surface area contributed by atoms with Gasteiger partial charge in [-0.15, -0.1) is 0 Å². The molecule has 25 heavy (non-hydrogen) atoms. The van der Waals surface area contributed by atoms with Gasteiger partial charge < -0.3 is 14.8 Å². The van der Waals surface area contributed by atoms with Gasteiger partial charge in [-0.3, -0.25) is 4.79 Å². The predicted octanol–water partition coefficient (Wildman–Crippen LogP) is 3.88. The molecular weight excluding hydrogens is 314 g/mol. The third-order valence-electron chi connectivity index (χ3n) is 4.16. The molecule has 2 aromatic carbocycles. The fraction of sp³-hybridized carbons (Fsp3) is 0.381. The smallest absolute Gasteiger partial charge is 0.260 e. The number of benzene rings is 2. The Bertz CT molecular complexity index is 740. The highest BCUT2D eigenvalue weighted by molar-refractivity contribution is 5.80. The van der Waals surface area contributed by atoms with Gasteiger partial charge in [-0.05, 0) is 75.1 Å². The van der Waals surface area contributed by atoms with Crippen molar-refractivity contribution in [3.05, 3.63) is 58.7 Å². The van der Waals surface area contributed by atoms with E-state index in [0.29, 0.717) is 18.9 Å². The molecule has 1 atom stereocenters. The molecule has 1 amide bonds. The molecule has 0 aliphatic heterocycles. The first-order valence-electron chi connectivity index (χ1n) is 8.58. The van der Waals surface area contributed by atoms with Crippen LogP contribution in [0.5, 0.6) is 11.5 Å². The molecule has 0 bridgehead atoms. The first-order valence-corrected chi connectivity index (χ1v) is 8.58. The third-order valence-corrected chi connectivity index (χ3v) is 4.16. The largest absolute Gasteiger partial charge is 0.491 e. The maximum Gasteiger partial charge on any atom is 0.260 e. The fourth-order valence-corrected chi connectivity index (χ4v) is 2.39. The van der Waals surface area contributed by atoms with Crippen LogP contribution in [-0.4, -0.2) is 25.2 Å². The Morgan fingerprint density at radius 1 is 1.00 bits per heavy atom. The second-order valence-electron chi connectivity index (χ2n) is 6.41. The first kappa shape index (κ1) is 18.8. The van der Waals surface area contributed by atoms with Gasteiger partial charge in [0.2, 0.25) is 0 Å². The second kappa shape index (κ2) is 8.56. The SMILES string of the molecule is Cc1ccc(C)c(OCCNC(=O)[C@@H](C)Oc2ccc(C)c(C)c2)c1. The van der Waals surface area contributed by atoms with Crippen LogP contribution in [0.15, 0.2) is 36.4 Å². The Morgan fingerprint density at radius 2 is 1.72 bits per heavy atom. The Balaban J connectivity index is 1.77. The minimum absolute atomic E-state index is 0.150. The fourth-order valence-electron chi connectivity index (χ4n) is 2.39. The molecule has 0 saturated carbocycles. The lowest BCUT2D eigenvalue weighted by Gasteiger charge is -2.16. The van der Waals surface area contributed by atoms with E-state index in [2.05, 4.69) is 11.4 Å². The van der Waals surface area contributed by atoms with Crippen molar-refractivity contribution in [3.63, 3.8) is 0 Å². The van der Waals surface area contributed by atoms with Crippen molar-refractivity contribution < 1.29 is 14.3 Å². The van der Waals surface area contributed by atoms with Gasteiger partial charge in [0.15, 0.2) is 6.10 Å². The minimum Gasteiger partial charge on any atom is -0.491 e. The molecule has 0 aliphatic carbocycles. The molecule has 0 aromatic heterocycles. The molecule has 4 nitrogen and oxygen atoms in total. The molecule has 2 aromatic rings. The van der Waals surface area contributed by atoms with Crippen molar-refractivity contribution >= 4 is 5.91 Å². The van der Waals surface area contributed by atoms with Crippen LogP contribution in [0.1, 0.15) is 29.2 Å². The molecule has 0 fully saturated rings. The van der Waals surface area contributed by atoms with Crippen molar-refractivity contribution in [3.8, 4) is 11.5 Å².